The number of hydrogen-bond acceptors (Lipinski definition) is 5. The number of hydrogen-bond donors (Lipinski definition) is 2. The maximum absolute atomic E-state index is 7.42. The lowest BCUT2D eigenvalue weighted by molar-refractivity contribution is 0.0507. The Balaban J connectivity index is 1.27. The molecule has 5 nitrogen and oxygen atoms in total. The van der Waals surface area contributed by atoms with E-state index in [-0.39, 0.29) is 13.8 Å². The fourth-order valence-electron chi connectivity index (χ4n) is 6.27. The molecular weight excluding hydrogens is 626 g/mol. The summed E-state index contributed by atoms with van der Waals surface area (Å²) in [5.41, 5.74) is 6.69. The second kappa shape index (κ2) is 20.2. The topological polar surface area (TPSA) is 51.8 Å². The third-order valence-corrected chi connectivity index (χ3v) is 8.85. The van der Waals surface area contributed by atoms with E-state index in [0.717, 1.165) is 35.1 Å². The van der Waals surface area contributed by atoms with E-state index in [1.165, 1.54) is 11.1 Å². The van der Waals surface area contributed by atoms with E-state index in [9.17, 15) is 0 Å². The minimum absolute atomic E-state index is 0.373. The van der Waals surface area contributed by atoms with Crippen molar-refractivity contribution in [2.45, 2.75) is 25.1 Å². The van der Waals surface area contributed by atoms with Gasteiger partial charge in [-0.2, -0.15) is 0 Å². The molecular formula is C44H46B2N2O3. The van der Waals surface area contributed by atoms with E-state index in [1.807, 2.05) is 36.4 Å². The average Bonchev–Trinajstić information content (AvgIpc) is 3.21. The summed E-state index contributed by atoms with van der Waals surface area (Å²) in [6.07, 6.45) is 0. The summed E-state index contributed by atoms with van der Waals surface area (Å²) in [6, 6.07) is 61.7. The molecule has 2 N–H and O–H groups in total. The predicted octanol–water partition coefficient (Wildman–Crippen LogP) is 6.97. The molecule has 0 aliphatic carbocycles. The van der Waals surface area contributed by atoms with Crippen molar-refractivity contribution in [3.63, 3.8) is 0 Å². The molecule has 0 amide bonds. The molecule has 0 aliphatic rings. The van der Waals surface area contributed by atoms with E-state index in [0.29, 0.717) is 26.3 Å². The summed E-state index contributed by atoms with van der Waals surface area (Å²) in [5.74, 6) is 0. The fraction of sp³-hybridized carbons (Fsp3) is 0.182. The van der Waals surface area contributed by atoms with Crippen LogP contribution in [0.5, 0.6) is 0 Å². The number of ether oxygens (including phenoxy) is 1. The van der Waals surface area contributed by atoms with Crippen molar-refractivity contribution in [2.75, 3.05) is 26.3 Å². The monoisotopic (exact) mass is 672 g/mol. The molecule has 2 atom stereocenters. The summed E-state index contributed by atoms with van der Waals surface area (Å²) in [6.45, 7) is 3.25. The van der Waals surface area contributed by atoms with Gasteiger partial charge in [-0.25, -0.2) is 0 Å². The zero-order valence-electron chi connectivity index (χ0n) is 29.1. The molecule has 0 spiro atoms. The maximum Gasteiger partial charge on any atom is 0.361 e. The van der Waals surface area contributed by atoms with Crippen LogP contribution in [0.2, 0.25) is 0 Å². The number of rotatable bonds is 20. The lowest BCUT2D eigenvalue weighted by Gasteiger charge is -2.33. The molecule has 6 aromatic carbocycles. The molecule has 256 valence electrons. The molecule has 0 saturated heterocycles. The first-order chi connectivity index (χ1) is 25.3. The van der Waals surface area contributed by atoms with Crippen LogP contribution in [0.15, 0.2) is 182 Å². The quantitative estimate of drug-likeness (QED) is 0.0678. The zero-order valence-corrected chi connectivity index (χ0v) is 29.1. The van der Waals surface area contributed by atoms with E-state index in [4.69, 9.17) is 14.0 Å². The Kier molecular flexibility index (Phi) is 14.3. The molecule has 0 aliphatic heterocycles. The standard InChI is InChI=1S/C44H46B2N2O3/c1-7-19-37(20-8-1)35-47-31-33-49-45(41-27-15-5-16-28-41)43(39-23-11-3-12-24-39)51-44(40-25-13-4-14-26-40)46(42-29-17-6-18-30-42)50-34-32-48-36-38-21-9-2-10-22-38/h1-30,43-44,47-48H,31-36H2. The molecule has 0 heterocycles. The molecule has 2 unspecified atom stereocenters. The Bertz CT molecular complexity index is 1650. The van der Waals surface area contributed by atoms with Crippen LogP contribution in [0.25, 0.3) is 0 Å². The van der Waals surface area contributed by atoms with E-state index in [2.05, 4.69) is 156 Å². The first-order valence-corrected chi connectivity index (χ1v) is 17.9. The van der Waals surface area contributed by atoms with Crippen molar-refractivity contribution in [2.24, 2.45) is 0 Å². The molecule has 6 aromatic rings. The van der Waals surface area contributed by atoms with Gasteiger partial charge in [-0.15, -0.1) is 0 Å². The zero-order chi connectivity index (χ0) is 34.8. The lowest BCUT2D eigenvalue weighted by atomic mass is 9.51. The maximum atomic E-state index is 7.42. The van der Waals surface area contributed by atoms with Crippen molar-refractivity contribution < 1.29 is 14.0 Å². The van der Waals surface area contributed by atoms with Gasteiger partial charge in [-0.3, -0.25) is 0 Å². The van der Waals surface area contributed by atoms with Gasteiger partial charge in [0.1, 0.15) is 0 Å². The summed E-state index contributed by atoms with van der Waals surface area (Å²) >= 11 is 0. The molecule has 51 heavy (non-hydrogen) atoms. The Morgan fingerprint density at radius 2 is 0.706 bits per heavy atom. The highest BCUT2D eigenvalue weighted by Crippen LogP contribution is 2.31. The minimum Gasteiger partial charge on any atom is -0.427 e. The van der Waals surface area contributed by atoms with E-state index in [1.54, 1.807) is 0 Å². The Labute approximate surface area is 304 Å². The SMILES string of the molecule is c1ccc(CNCCOB(c2ccccc2)C(OC(B(OCCNCc2ccccc2)c2ccccc2)c2ccccc2)c2ccccc2)cc1. The number of nitrogens with one attached hydrogen (secondary N) is 2. The minimum atomic E-state index is -0.432. The first-order valence-electron chi connectivity index (χ1n) is 17.9. The fourth-order valence-corrected chi connectivity index (χ4v) is 6.27. The molecule has 0 saturated carbocycles. The van der Waals surface area contributed by atoms with Crippen LogP contribution in [-0.4, -0.2) is 40.1 Å². The average molecular weight is 672 g/mol. The largest absolute Gasteiger partial charge is 0.427 e. The summed E-state index contributed by atoms with van der Waals surface area (Å²) in [7, 11) is 0. The van der Waals surface area contributed by atoms with Crippen LogP contribution >= 0.6 is 0 Å². The number of benzene rings is 6. The van der Waals surface area contributed by atoms with Crippen molar-refractivity contribution in [3.05, 3.63) is 204 Å². The van der Waals surface area contributed by atoms with Gasteiger partial charge in [0.15, 0.2) is 0 Å². The second-order valence-corrected chi connectivity index (χ2v) is 12.5. The molecule has 7 heteroatoms. The second-order valence-electron chi connectivity index (χ2n) is 12.5. The van der Waals surface area contributed by atoms with E-state index < -0.39 is 12.0 Å². The van der Waals surface area contributed by atoms with Crippen LogP contribution in [0, 0.1) is 0 Å². The van der Waals surface area contributed by atoms with Crippen molar-refractivity contribution in [3.8, 4) is 0 Å². The Hall–Kier alpha value is -4.75. The first kappa shape index (κ1) is 36.1. The van der Waals surface area contributed by atoms with Crippen LogP contribution in [-0.2, 0) is 27.1 Å². The summed E-state index contributed by atoms with van der Waals surface area (Å²) in [4.78, 5) is 0. The van der Waals surface area contributed by atoms with Crippen molar-refractivity contribution in [1.29, 1.82) is 0 Å². The lowest BCUT2D eigenvalue weighted by Crippen LogP contribution is -2.47. The van der Waals surface area contributed by atoms with Crippen LogP contribution < -0.4 is 21.6 Å². The summed E-state index contributed by atoms with van der Waals surface area (Å²) < 4.78 is 21.1. The highest BCUT2D eigenvalue weighted by Gasteiger charge is 2.39. The molecule has 0 bridgehead atoms. The highest BCUT2D eigenvalue weighted by molar-refractivity contribution is 6.69. The van der Waals surface area contributed by atoms with E-state index >= 15 is 0 Å². The van der Waals surface area contributed by atoms with Crippen molar-refractivity contribution in [1.82, 2.24) is 10.6 Å². The smallest absolute Gasteiger partial charge is 0.361 e. The Morgan fingerprint density at radius 3 is 1.06 bits per heavy atom. The highest BCUT2D eigenvalue weighted by atomic mass is 16.5. The molecule has 6 rings (SSSR count). The third-order valence-electron chi connectivity index (χ3n) is 8.85. The van der Waals surface area contributed by atoms with Gasteiger partial charge >= 0.3 is 13.8 Å². The van der Waals surface area contributed by atoms with Crippen molar-refractivity contribution >= 4 is 24.8 Å². The van der Waals surface area contributed by atoms with Gasteiger partial charge in [-0.05, 0) is 33.2 Å². The summed E-state index contributed by atoms with van der Waals surface area (Å²) in [5, 5.41) is 7.09. The van der Waals surface area contributed by atoms with Gasteiger partial charge in [0.05, 0.1) is 12.0 Å². The van der Waals surface area contributed by atoms with Crippen LogP contribution in [0.1, 0.15) is 34.3 Å². The van der Waals surface area contributed by atoms with Crippen LogP contribution in [0.3, 0.4) is 0 Å². The predicted molar refractivity (Wildman–Crippen MR) is 211 cm³/mol. The van der Waals surface area contributed by atoms with Gasteiger partial charge in [0.2, 0.25) is 0 Å². The van der Waals surface area contributed by atoms with Gasteiger partial charge < -0.3 is 24.7 Å². The molecule has 0 radical (unpaired) electrons. The molecule has 0 aromatic heterocycles. The normalized spacial score (nSPS) is 12.2. The Morgan fingerprint density at radius 1 is 0.392 bits per heavy atom. The van der Waals surface area contributed by atoms with Gasteiger partial charge in [0.25, 0.3) is 0 Å². The van der Waals surface area contributed by atoms with Gasteiger partial charge in [-0.1, -0.05) is 182 Å². The van der Waals surface area contributed by atoms with Crippen LogP contribution in [0.4, 0.5) is 0 Å². The molecule has 0 fully saturated rings. The third kappa shape index (κ3) is 11.1. The van der Waals surface area contributed by atoms with Gasteiger partial charge in [0, 0.05) is 39.4 Å².